The number of nitro benzene ring substituents is 2. The summed E-state index contributed by atoms with van der Waals surface area (Å²) < 4.78 is 2.34. The molecule has 0 heterocycles. The van der Waals surface area contributed by atoms with Gasteiger partial charge in [0.25, 0.3) is 0 Å². The van der Waals surface area contributed by atoms with Gasteiger partial charge >= 0.3 is 228 Å². The van der Waals surface area contributed by atoms with Gasteiger partial charge in [0.2, 0.25) is 0 Å². The molecule has 38 heavy (non-hydrogen) atoms. The van der Waals surface area contributed by atoms with Crippen LogP contribution in [0, 0.1) is 20.2 Å². The molecule has 190 valence electrons. The summed E-state index contributed by atoms with van der Waals surface area (Å²) in [4.78, 5) is 45.2. The molecule has 0 bridgehead atoms. The Hall–Kier alpha value is -4.34. The number of nitrogens with zero attached hydrogens (tertiary/aromatic N) is 2. The molecule has 10 nitrogen and oxygen atoms in total. The third-order valence-corrected chi connectivity index (χ3v) is 12.4. The summed E-state index contributed by atoms with van der Waals surface area (Å²) in [5.41, 5.74) is 1.79. The van der Waals surface area contributed by atoms with Gasteiger partial charge < -0.3 is 0 Å². The second-order valence-electron chi connectivity index (χ2n) is 7.73. The number of non-ortho nitro benzene ring substituents is 2. The number of carbonyl (C=O) groups is 2. The van der Waals surface area contributed by atoms with Crippen molar-refractivity contribution >= 4 is 69.8 Å². The SMILES string of the molecule is O=C(Nc1ccc([Se][Se]c2ccc(NC(=O)c3ccc([N+](=O)[O-])cc3)cc2)cc1)c1ccc([N+](=O)[O-])cc1. The molecule has 0 spiro atoms. The monoisotopic (exact) mass is 642 g/mol. The van der Waals surface area contributed by atoms with Crippen LogP contribution < -0.4 is 19.6 Å². The Morgan fingerprint density at radius 2 is 0.842 bits per heavy atom. The number of rotatable bonds is 9. The van der Waals surface area contributed by atoms with Crippen molar-refractivity contribution in [3.05, 3.63) is 128 Å². The number of hydrogen-bond acceptors (Lipinski definition) is 6. The van der Waals surface area contributed by atoms with Gasteiger partial charge in [0, 0.05) is 0 Å². The van der Waals surface area contributed by atoms with Crippen LogP contribution >= 0.6 is 0 Å². The third-order valence-electron chi connectivity index (χ3n) is 5.14. The van der Waals surface area contributed by atoms with E-state index >= 15 is 0 Å². The Kier molecular flexibility index (Phi) is 8.62. The van der Waals surface area contributed by atoms with E-state index in [0.717, 1.165) is 0 Å². The van der Waals surface area contributed by atoms with Crippen molar-refractivity contribution in [2.75, 3.05) is 10.6 Å². The fraction of sp³-hybridized carbons (Fsp3) is 0. The number of amides is 2. The minimum atomic E-state index is -0.514. The predicted octanol–water partition coefficient (Wildman–Crippen LogP) is 3.28. The summed E-state index contributed by atoms with van der Waals surface area (Å²) in [6.45, 7) is 0. The normalized spacial score (nSPS) is 10.4. The van der Waals surface area contributed by atoms with Crippen LogP contribution in [0.3, 0.4) is 0 Å². The van der Waals surface area contributed by atoms with Crippen LogP contribution in [0.25, 0.3) is 0 Å². The number of anilines is 2. The van der Waals surface area contributed by atoms with E-state index in [-0.39, 0.29) is 49.5 Å². The number of carbonyl (C=O) groups excluding carboxylic acids is 2. The standard InChI is InChI=1S/C26H18N4O6Se2/c31-25(17-1-9-21(10-2-17)29(33)34)27-19-5-13-23(14-6-19)37-38-24-15-7-20(8-16-24)28-26(32)18-3-11-22(12-4-18)30(35)36/h1-16H,(H,27,31)(H,28,32). The van der Waals surface area contributed by atoms with Gasteiger partial charge in [0.1, 0.15) is 0 Å². The Morgan fingerprint density at radius 1 is 0.526 bits per heavy atom. The first-order valence-corrected chi connectivity index (χ1v) is 17.0. The molecule has 2 amide bonds. The molecule has 12 heteroatoms. The van der Waals surface area contributed by atoms with Crippen LogP contribution in [0.4, 0.5) is 22.7 Å². The topological polar surface area (TPSA) is 144 Å². The molecule has 0 saturated carbocycles. The molecule has 2 N–H and O–H groups in total. The van der Waals surface area contributed by atoms with E-state index < -0.39 is 9.85 Å². The van der Waals surface area contributed by atoms with Crippen molar-refractivity contribution in [3.8, 4) is 0 Å². The van der Waals surface area contributed by atoms with E-state index in [1.165, 1.54) is 57.5 Å². The summed E-state index contributed by atoms with van der Waals surface area (Å²) in [6, 6.07) is 26.0. The zero-order chi connectivity index (χ0) is 27.1. The number of benzene rings is 4. The first-order chi connectivity index (χ1) is 18.3. The average Bonchev–Trinajstić information content (AvgIpc) is 2.93. The van der Waals surface area contributed by atoms with Crippen LogP contribution in [0.5, 0.6) is 0 Å². The van der Waals surface area contributed by atoms with E-state index in [9.17, 15) is 29.8 Å². The van der Waals surface area contributed by atoms with Crippen LogP contribution in [0.15, 0.2) is 97.1 Å². The molecule has 0 unspecified atom stereocenters. The second-order valence-corrected chi connectivity index (χ2v) is 14.0. The summed E-state index contributed by atoms with van der Waals surface area (Å²) in [7, 11) is 0. The van der Waals surface area contributed by atoms with Gasteiger partial charge in [-0.05, 0) is 0 Å². The van der Waals surface area contributed by atoms with Gasteiger partial charge in [-0.1, -0.05) is 0 Å². The molecule has 0 radical (unpaired) electrons. The molecular formula is C26H18N4O6Se2. The van der Waals surface area contributed by atoms with Crippen molar-refractivity contribution in [2.24, 2.45) is 0 Å². The summed E-state index contributed by atoms with van der Waals surface area (Å²) >= 11 is 0.412. The zero-order valence-corrected chi connectivity index (χ0v) is 22.8. The van der Waals surface area contributed by atoms with E-state index in [1.54, 1.807) is 0 Å². The summed E-state index contributed by atoms with van der Waals surface area (Å²) in [5.74, 6) is -0.689. The van der Waals surface area contributed by atoms with Crippen molar-refractivity contribution in [2.45, 2.75) is 0 Å². The Balaban J connectivity index is 1.27. The summed E-state index contributed by atoms with van der Waals surface area (Å²) in [6.07, 6.45) is 0. The second kappa shape index (κ2) is 12.3. The van der Waals surface area contributed by atoms with Crippen molar-refractivity contribution in [3.63, 3.8) is 0 Å². The van der Waals surface area contributed by atoms with E-state index in [0.29, 0.717) is 22.5 Å². The van der Waals surface area contributed by atoms with Crippen LogP contribution in [0.2, 0.25) is 0 Å². The first kappa shape index (κ1) is 26.7. The summed E-state index contributed by atoms with van der Waals surface area (Å²) in [5, 5.41) is 27.1. The Labute approximate surface area is 227 Å². The number of nitrogens with one attached hydrogen (secondary N) is 2. The van der Waals surface area contributed by atoms with Gasteiger partial charge in [-0.15, -0.1) is 0 Å². The molecular weight excluding hydrogens is 622 g/mol. The Morgan fingerprint density at radius 3 is 1.13 bits per heavy atom. The van der Waals surface area contributed by atoms with Crippen molar-refractivity contribution in [1.82, 2.24) is 0 Å². The van der Waals surface area contributed by atoms with Crippen molar-refractivity contribution in [1.29, 1.82) is 0 Å². The average molecular weight is 640 g/mol. The van der Waals surface area contributed by atoms with Crippen LogP contribution in [-0.2, 0) is 0 Å². The quantitative estimate of drug-likeness (QED) is 0.163. The molecule has 0 aliphatic carbocycles. The van der Waals surface area contributed by atoms with Gasteiger partial charge in [-0.3, -0.25) is 0 Å². The predicted molar refractivity (Wildman–Crippen MR) is 146 cm³/mol. The van der Waals surface area contributed by atoms with E-state index in [4.69, 9.17) is 0 Å². The zero-order valence-electron chi connectivity index (χ0n) is 19.4. The van der Waals surface area contributed by atoms with Crippen LogP contribution in [0.1, 0.15) is 20.7 Å². The fourth-order valence-corrected chi connectivity index (χ4v) is 9.12. The van der Waals surface area contributed by atoms with E-state index in [1.807, 2.05) is 48.5 Å². The van der Waals surface area contributed by atoms with Gasteiger partial charge in [-0.2, -0.15) is 0 Å². The Bertz CT molecular complexity index is 1360. The van der Waals surface area contributed by atoms with Crippen molar-refractivity contribution < 1.29 is 19.4 Å². The molecule has 0 saturated heterocycles. The molecule has 4 rings (SSSR count). The minimum absolute atomic E-state index is 0.0725. The molecule has 0 aliphatic heterocycles. The molecule has 0 atom stereocenters. The molecule has 0 fully saturated rings. The van der Waals surface area contributed by atoms with Gasteiger partial charge in [0.05, 0.1) is 0 Å². The number of hydrogen-bond donors (Lipinski definition) is 2. The maximum atomic E-state index is 12.4. The maximum absolute atomic E-state index is 12.4. The van der Waals surface area contributed by atoms with Gasteiger partial charge in [-0.25, -0.2) is 0 Å². The van der Waals surface area contributed by atoms with Crippen LogP contribution in [-0.4, -0.2) is 47.9 Å². The van der Waals surface area contributed by atoms with Gasteiger partial charge in [0.15, 0.2) is 0 Å². The molecule has 4 aromatic rings. The first-order valence-electron chi connectivity index (χ1n) is 10.9. The fourth-order valence-electron chi connectivity index (χ4n) is 3.16. The third kappa shape index (κ3) is 7.12. The molecule has 4 aromatic carbocycles. The van der Waals surface area contributed by atoms with E-state index in [2.05, 4.69) is 10.6 Å². The molecule has 0 aromatic heterocycles. The molecule has 0 aliphatic rings. The number of nitro groups is 2.